The molecule has 1 unspecified atom stereocenters. The average Bonchev–Trinajstić information content (AvgIpc) is 2.50. The molecule has 0 spiro atoms. The van der Waals surface area contributed by atoms with Crippen LogP contribution < -0.4 is 10.6 Å². The van der Waals surface area contributed by atoms with E-state index in [1.165, 1.54) is 0 Å². The van der Waals surface area contributed by atoms with Crippen molar-refractivity contribution in [2.24, 2.45) is 7.05 Å². The Bertz CT molecular complexity index is 263. The molecule has 0 radical (unpaired) electrons. The topological polar surface area (TPSA) is 54.8 Å². The smallest absolute Gasteiger partial charge is 0.224 e. The van der Waals surface area contributed by atoms with Gasteiger partial charge < -0.3 is 10.6 Å². The third-order valence-corrected chi connectivity index (χ3v) is 2.20. The Morgan fingerprint density at radius 3 is 2.46 bits per heavy atom. The van der Waals surface area contributed by atoms with Crippen LogP contribution in [0.4, 0.5) is 5.95 Å². The van der Waals surface area contributed by atoms with Crippen molar-refractivity contribution in [1.82, 2.24) is 20.1 Å². The molecule has 1 heterocycles. The minimum atomic E-state index is 0.277. The number of aromatic nitrogens is 3. The number of rotatable bonds is 4. The fraction of sp³-hybridized carbons (Fsp3) is 0.750. The summed E-state index contributed by atoms with van der Waals surface area (Å²) in [6.07, 6.45) is 1.01. The maximum absolute atomic E-state index is 4.12. The van der Waals surface area contributed by atoms with Gasteiger partial charge in [0.15, 0.2) is 5.82 Å². The first-order chi connectivity index (χ1) is 6.24. The lowest BCUT2D eigenvalue weighted by molar-refractivity contribution is 0.525. The quantitative estimate of drug-likeness (QED) is 0.715. The number of hydrogen-bond acceptors (Lipinski definition) is 4. The van der Waals surface area contributed by atoms with Crippen molar-refractivity contribution in [1.29, 1.82) is 0 Å². The third kappa shape index (κ3) is 1.80. The van der Waals surface area contributed by atoms with Crippen LogP contribution in [0.15, 0.2) is 0 Å². The number of nitrogens with zero attached hydrogens (tertiary/aromatic N) is 3. The summed E-state index contributed by atoms with van der Waals surface area (Å²) in [5, 5.41) is 14.3. The van der Waals surface area contributed by atoms with Crippen molar-refractivity contribution in [2.75, 3.05) is 19.4 Å². The Morgan fingerprint density at radius 2 is 2.08 bits per heavy atom. The lowest BCUT2D eigenvalue weighted by Crippen LogP contribution is -2.19. The molecule has 0 saturated carbocycles. The molecule has 1 rings (SSSR count). The van der Waals surface area contributed by atoms with E-state index in [0.29, 0.717) is 0 Å². The van der Waals surface area contributed by atoms with E-state index in [2.05, 4.69) is 27.8 Å². The molecule has 5 heteroatoms. The highest BCUT2D eigenvalue weighted by atomic mass is 15.3. The first-order valence-electron chi connectivity index (χ1n) is 4.48. The van der Waals surface area contributed by atoms with Crippen LogP contribution in [0.25, 0.3) is 0 Å². The molecule has 0 amide bonds. The summed E-state index contributed by atoms with van der Waals surface area (Å²) < 4.78 is 1.96. The van der Waals surface area contributed by atoms with Gasteiger partial charge in [-0.1, -0.05) is 6.92 Å². The van der Waals surface area contributed by atoms with Gasteiger partial charge in [0.05, 0.1) is 6.04 Å². The number of anilines is 1. The number of hydrogen-bond donors (Lipinski definition) is 2. The maximum Gasteiger partial charge on any atom is 0.224 e. The molecule has 1 aromatic rings. The van der Waals surface area contributed by atoms with Gasteiger partial charge in [0.25, 0.3) is 0 Å². The molecule has 0 aliphatic heterocycles. The van der Waals surface area contributed by atoms with Gasteiger partial charge in [0.2, 0.25) is 5.95 Å². The van der Waals surface area contributed by atoms with Gasteiger partial charge in [-0.15, -0.1) is 10.2 Å². The summed E-state index contributed by atoms with van der Waals surface area (Å²) in [6, 6.07) is 0.277. The SMILES string of the molecule is CCC(NC)c1nnc(NC)n1C. The fourth-order valence-corrected chi connectivity index (χ4v) is 1.38. The maximum atomic E-state index is 4.12. The van der Waals surface area contributed by atoms with E-state index in [9.17, 15) is 0 Å². The van der Waals surface area contributed by atoms with Crippen LogP contribution >= 0.6 is 0 Å². The molecule has 2 N–H and O–H groups in total. The molecule has 0 fully saturated rings. The highest BCUT2D eigenvalue weighted by Crippen LogP contribution is 2.15. The van der Waals surface area contributed by atoms with Crippen LogP contribution in [0, 0.1) is 0 Å². The van der Waals surface area contributed by atoms with E-state index in [1.54, 1.807) is 0 Å². The summed E-state index contributed by atoms with van der Waals surface area (Å²) in [7, 11) is 5.73. The summed E-state index contributed by atoms with van der Waals surface area (Å²) in [5.74, 6) is 1.76. The molecule has 0 aliphatic rings. The predicted octanol–water partition coefficient (Wildman–Crippen LogP) is 0.527. The second-order valence-corrected chi connectivity index (χ2v) is 2.94. The molecule has 1 atom stereocenters. The van der Waals surface area contributed by atoms with Gasteiger partial charge >= 0.3 is 0 Å². The van der Waals surface area contributed by atoms with Gasteiger partial charge in [0.1, 0.15) is 0 Å². The largest absolute Gasteiger partial charge is 0.357 e. The zero-order chi connectivity index (χ0) is 9.84. The van der Waals surface area contributed by atoms with E-state index >= 15 is 0 Å². The molecule has 0 aromatic carbocycles. The Kier molecular flexibility index (Phi) is 3.25. The number of nitrogens with one attached hydrogen (secondary N) is 2. The standard InChI is InChI=1S/C8H17N5/c1-5-6(9-2)7-11-12-8(10-3)13(7)4/h6,9H,5H2,1-4H3,(H,10,12). The van der Waals surface area contributed by atoms with E-state index in [1.807, 2.05) is 25.7 Å². The Balaban J connectivity index is 2.93. The highest BCUT2D eigenvalue weighted by Gasteiger charge is 2.14. The molecule has 5 nitrogen and oxygen atoms in total. The van der Waals surface area contributed by atoms with Crippen molar-refractivity contribution >= 4 is 5.95 Å². The monoisotopic (exact) mass is 183 g/mol. The summed E-state index contributed by atoms with van der Waals surface area (Å²) in [4.78, 5) is 0. The van der Waals surface area contributed by atoms with Gasteiger partial charge in [0, 0.05) is 14.1 Å². The van der Waals surface area contributed by atoms with Gasteiger partial charge in [-0.3, -0.25) is 4.57 Å². The van der Waals surface area contributed by atoms with Crippen LogP contribution in [-0.2, 0) is 7.05 Å². The Morgan fingerprint density at radius 1 is 1.38 bits per heavy atom. The molecule has 1 aromatic heterocycles. The molecular formula is C8H17N5. The second-order valence-electron chi connectivity index (χ2n) is 2.94. The van der Waals surface area contributed by atoms with Crippen molar-refractivity contribution in [2.45, 2.75) is 19.4 Å². The summed E-state index contributed by atoms with van der Waals surface area (Å²) in [5.41, 5.74) is 0. The zero-order valence-electron chi connectivity index (χ0n) is 8.63. The first kappa shape index (κ1) is 9.98. The average molecular weight is 183 g/mol. The van der Waals surface area contributed by atoms with Crippen molar-refractivity contribution < 1.29 is 0 Å². The normalized spacial score (nSPS) is 12.9. The summed E-state index contributed by atoms with van der Waals surface area (Å²) in [6.45, 7) is 2.12. The van der Waals surface area contributed by atoms with Gasteiger partial charge in [-0.05, 0) is 13.5 Å². The van der Waals surface area contributed by atoms with Crippen LogP contribution in [0.5, 0.6) is 0 Å². The van der Waals surface area contributed by atoms with Crippen molar-refractivity contribution in [3.05, 3.63) is 5.82 Å². The third-order valence-electron chi connectivity index (χ3n) is 2.20. The van der Waals surface area contributed by atoms with E-state index < -0.39 is 0 Å². The van der Waals surface area contributed by atoms with E-state index in [0.717, 1.165) is 18.2 Å². The predicted molar refractivity (Wildman–Crippen MR) is 52.6 cm³/mol. The Labute approximate surface area is 78.5 Å². The lowest BCUT2D eigenvalue weighted by Gasteiger charge is -2.12. The van der Waals surface area contributed by atoms with Crippen molar-refractivity contribution in [3.8, 4) is 0 Å². The zero-order valence-corrected chi connectivity index (χ0v) is 8.63. The minimum Gasteiger partial charge on any atom is -0.357 e. The molecule has 0 saturated heterocycles. The molecular weight excluding hydrogens is 166 g/mol. The van der Waals surface area contributed by atoms with Crippen LogP contribution in [-0.4, -0.2) is 28.9 Å². The minimum absolute atomic E-state index is 0.277. The van der Waals surface area contributed by atoms with Crippen LogP contribution in [0.1, 0.15) is 25.2 Å². The van der Waals surface area contributed by atoms with E-state index in [-0.39, 0.29) is 6.04 Å². The van der Waals surface area contributed by atoms with Gasteiger partial charge in [-0.2, -0.15) is 0 Å². The van der Waals surface area contributed by atoms with Crippen LogP contribution in [0.3, 0.4) is 0 Å². The fourth-order valence-electron chi connectivity index (χ4n) is 1.38. The molecule has 0 aliphatic carbocycles. The Hall–Kier alpha value is -1.10. The molecule has 0 bridgehead atoms. The molecule has 13 heavy (non-hydrogen) atoms. The van der Waals surface area contributed by atoms with Crippen molar-refractivity contribution in [3.63, 3.8) is 0 Å². The summed E-state index contributed by atoms with van der Waals surface area (Å²) >= 11 is 0. The lowest BCUT2D eigenvalue weighted by atomic mass is 10.2. The van der Waals surface area contributed by atoms with E-state index in [4.69, 9.17) is 0 Å². The first-order valence-corrected chi connectivity index (χ1v) is 4.48. The highest BCUT2D eigenvalue weighted by molar-refractivity contribution is 5.24. The molecule has 74 valence electrons. The van der Waals surface area contributed by atoms with Crippen LogP contribution in [0.2, 0.25) is 0 Å². The second kappa shape index (κ2) is 4.23. The van der Waals surface area contributed by atoms with Gasteiger partial charge in [-0.25, -0.2) is 0 Å².